The van der Waals surface area contributed by atoms with Gasteiger partial charge in [0, 0.05) is 11.8 Å². The Bertz CT molecular complexity index is 612. The minimum absolute atomic E-state index is 0.0665. The topological polar surface area (TPSA) is 111 Å². The number of hydrogen-bond acceptors (Lipinski definition) is 6. The highest BCUT2D eigenvalue weighted by Crippen LogP contribution is 2.36. The molecule has 0 aliphatic carbocycles. The molecule has 1 fully saturated rings. The molecule has 3 amide bonds. The van der Waals surface area contributed by atoms with Gasteiger partial charge in [-0.1, -0.05) is 0 Å². The lowest BCUT2D eigenvalue weighted by atomic mass is 10.1. The van der Waals surface area contributed by atoms with Crippen molar-refractivity contribution in [1.29, 1.82) is 0 Å². The molecule has 1 aromatic carbocycles. The molecule has 20 heavy (non-hydrogen) atoms. The van der Waals surface area contributed by atoms with Crippen molar-refractivity contribution in [2.45, 2.75) is 0 Å². The largest absolute Gasteiger partial charge is 0.454 e. The minimum atomic E-state index is -0.520. The van der Waals surface area contributed by atoms with Crippen LogP contribution in [0.4, 0.5) is 5.69 Å². The average Bonchev–Trinajstić information content (AvgIpc) is 2.82. The van der Waals surface area contributed by atoms with E-state index in [1.165, 1.54) is 12.1 Å². The second kappa shape index (κ2) is 4.41. The minimum Gasteiger partial charge on any atom is -0.454 e. The Morgan fingerprint density at radius 1 is 1.15 bits per heavy atom. The standard InChI is InChI=1S/C12H11N3O5/c13-7-2-9-8(19-5-20-9)1-6(7)12(18)15-3-10(16)14-11(17)4-15/h1-2H,3-5,13H2,(H,14,16,17). The first-order chi connectivity index (χ1) is 9.54. The number of nitrogens with two attached hydrogens (primary N) is 1. The Kier molecular flexibility index (Phi) is 2.70. The van der Waals surface area contributed by atoms with Crippen LogP contribution in [-0.2, 0) is 9.59 Å². The second-order valence-electron chi connectivity index (χ2n) is 4.43. The first-order valence-corrected chi connectivity index (χ1v) is 5.85. The molecular weight excluding hydrogens is 266 g/mol. The van der Waals surface area contributed by atoms with Gasteiger partial charge in [-0.15, -0.1) is 0 Å². The second-order valence-corrected chi connectivity index (χ2v) is 4.43. The number of nitrogens with one attached hydrogen (secondary N) is 1. The number of rotatable bonds is 1. The zero-order valence-electron chi connectivity index (χ0n) is 10.3. The number of piperazine rings is 1. The van der Waals surface area contributed by atoms with E-state index in [4.69, 9.17) is 15.2 Å². The number of fused-ring (bicyclic) bond motifs is 1. The molecule has 8 heteroatoms. The van der Waals surface area contributed by atoms with Gasteiger partial charge in [-0.3, -0.25) is 19.7 Å². The Hall–Kier alpha value is -2.77. The summed E-state index contributed by atoms with van der Waals surface area (Å²) in [6.07, 6.45) is 0. The van der Waals surface area contributed by atoms with Crippen molar-refractivity contribution in [3.05, 3.63) is 17.7 Å². The molecule has 2 aliphatic rings. The summed E-state index contributed by atoms with van der Waals surface area (Å²) in [5, 5.41) is 2.12. The van der Waals surface area contributed by atoms with E-state index in [9.17, 15) is 14.4 Å². The van der Waals surface area contributed by atoms with E-state index >= 15 is 0 Å². The normalized spacial score (nSPS) is 17.1. The number of imide groups is 1. The first kappa shape index (κ1) is 12.3. The van der Waals surface area contributed by atoms with Gasteiger partial charge in [-0.05, 0) is 6.07 Å². The number of ether oxygens (including phenoxy) is 2. The lowest BCUT2D eigenvalue weighted by Crippen LogP contribution is -2.53. The molecule has 0 aromatic heterocycles. The molecule has 8 nitrogen and oxygen atoms in total. The van der Waals surface area contributed by atoms with Crippen LogP contribution in [0.2, 0.25) is 0 Å². The van der Waals surface area contributed by atoms with Crippen molar-refractivity contribution in [3.8, 4) is 11.5 Å². The predicted octanol–water partition coefficient (Wildman–Crippen LogP) is -0.904. The number of amides is 3. The molecule has 0 unspecified atom stereocenters. The van der Waals surface area contributed by atoms with Gasteiger partial charge in [-0.2, -0.15) is 0 Å². The maximum Gasteiger partial charge on any atom is 0.257 e. The van der Waals surface area contributed by atoms with Gasteiger partial charge >= 0.3 is 0 Å². The van der Waals surface area contributed by atoms with Crippen molar-refractivity contribution < 1.29 is 23.9 Å². The van der Waals surface area contributed by atoms with Crippen LogP contribution in [0.15, 0.2) is 12.1 Å². The average molecular weight is 277 g/mol. The van der Waals surface area contributed by atoms with Crippen LogP contribution in [0.5, 0.6) is 11.5 Å². The Morgan fingerprint density at radius 3 is 2.40 bits per heavy atom. The third kappa shape index (κ3) is 2.00. The summed E-state index contributed by atoms with van der Waals surface area (Å²) in [6.45, 7) is -0.298. The van der Waals surface area contributed by atoms with Gasteiger partial charge in [0.25, 0.3) is 5.91 Å². The summed E-state index contributed by atoms with van der Waals surface area (Å²) in [4.78, 5) is 36.0. The van der Waals surface area contributed by atoms with Crippen molar-refractivity contribution >= 4 is 23.4 Å². The number of nitrogen functional groups attached to an aromatic ring is 1. The van der Waals surface area contributed by atoms with Crippen LogP contribution in [0, 0.1) is 0 Å². The Labute approximate surface area is 113 Å². The van der Waals surface area contributed by atoms with Crippen molar-refractivity contribution in [2.75, 3.05) is 25.6 Å². The first-order valence-electron chi connectivity index (χ1n) is 5.85. The van der Waals surface area contributed by atoms with Gasteiger partial charge in [0.15, 0.2) is 11.5 Å². The summed E-state index contributed by atoms with van der Waals surface area (Å²) < 4.78 is 10.3. The summed E-state index contributed by atoms with van der Waals surface area (Å²) in [5.41, 5.74) is 6.19. The van der Waals surface area contributed by atoms with Crippen molar-refractivity contribution in [3.63, 3.8) is 0 Å². The maximum absolute atomic E-state index is 12.3. The van der Waals surface area contributed by atoms with Crippen LogP contribution in [0.3, 0.4) is 0 Å². The highest BCUT2D eigenvalue weighted by molar-refractivity contribution is 6.07. The number of anilines is 1. The smallest absolute Gasteiger partial charge is 0.257 e. The van der Waals surface area contributed by atoms with Crippen LogP contribution < -0.4 is 20.5 Å². The van der Waals surface area contributed by atoms with Crippen LogP contribution >= 0.6 is 0 Å². The lowest BCUT2D eigenvalue weighted by molar-refractivity contribution is -0.135. The van der Waals surface area contributed by atoms with Crippen molar-refractivity contribution in [2.24, 2.45) is 0 Å². The van der Waals surface area contributed by atoms with Gasteiger partial charge in [0.2, 0.25) is 18.6 Å². The van der Waals surface area contributed by atoms with E-state index in [1.807, 2.05) is 0 Å². The molecule has 0 spiro atoms. The number of benzene rings is 1. The predicted molar refractivity (Wildman–Crippen MR) is 66.0 cm³/mol. The highest BCUT2D eigenvalue weighted by atomic mass is 16.7. The number of hydrogen-bond donors (Lipinski definition) is 2. The molecule has 2 aliphatic heterocycles. The zero-order chi connectivity index (χ0) is 14.3. The van der Waals surface area contributed by atoms with E-state index in [0.717, 1.165) is 4.90 Å². The number of nitrogens with zero attached hydrogens (tertiary/aromatic N) is 1. The van der Waals surface area contributed by atoms with Crippen LogP contribution in [0.1, 0.15) is 10.4 Å². The molecule has 3 rings (SSSR count). The summed E-state index contributed by atoms with van der Waals surface area (Å²) in [6, 6.07) is 2.94. The van der Waals surface area contributed by atoms with E-state index in [0.29, 0.717) is 11.5 Å². The highest BCUT2D eigenvalue weighted by Gasteiger charge is 2.29. The fourth-order valence-electron chi connectivity index (χ4n) is 2.09. The summed E-state index contributed by atoms with van der Waals surface area (Å²) in [7, 11) is 0. The van der Waals surface area contributed by atoms with Gasteiger partial charge in [0.1, 0.15) is 13.1 Å². The zero-order valence-corrected chi connectivity index (χ0v) is 10.3. The number of carbonyl (C=O) groups excluding carboxylic acids is 3. The molecule has 0 radical (unpaired) electrons. The molecule has 1 saturated heterocycles. The lowest BCUT2D eigenvalue weighted by Gasteiger charge is -2.25. The molecule has 0 bridgehead atoms. The maximum atomic E-state index is 12.3. The molecule has 0 atom stereocenters. The van der Waals surface area contributed by atoms with E-state index in [-0.39, 0.29) is 31.1 Å². The molecule has 1 aromatic rings. The van der Waals surface area contributed by atoms with Crippen LogP contribution in [-0.4, -0.2) is 42.5 Å². The van der Waals surface area contributed by atoms with Crippen LogP contribution in [0.25, 0.3) is 0 Å². The molecular formula is C12H11N3O5. The molecule has 2 heterocycles. The van der Waals surface area contributed by atoms with Gasteiger partial charge < -0.3 is 20.1 Å². The quantitative estimate of drug-likeness (QED) is 0.508. The Morgan fingerprint density at radius 2 is 1.75 bits per heavy atom. The molecule has 104 valence electrons. The van der Waals surface area contributed by atoms with Gasteiger partial charge in [-0.25, -0.2) is 0 Å². The third-order valence-corrected chi connectivity index (χ3v) is 3.01. The summed E-state index contributed by atoms with van der Waals surface area (Å²) >= 11 is 0. The van der Waals surface area contributed by atoms with Gasteiger partial charge in [0.05, 0.1) is 5.56 Å². The van der Waals surface area contributed by atoms with Crippen molar-refractivity contribution in [1.82, 2.24) is 10.2 Å². The fourth-order valence-corrected chi connectivity index (χ4v) is 2.09. The Balaban J connectivity index is 1.91. The monoisotopic (exact) mass is 277 g/mol. The third-order valence-electron chi connectivity index (χ3n) is 3.01. The number of carbonyl (C=O) groups is 3. The molecule has 3 N–H and O–H groups in total. The summed E-state index contributed by atoms with van der Waals surface area (Å²) in [5.74, 6) is -0.659. The fraction of sp³-hybridized carbons (Fsp3) is 0.250. The van der Waals surface area contributed by atoms with E-state index in [2.05, 4.69) is 5.32 Å². The van der Waals surface area contributed by atoms with E-state index < -0.39 is 17.7 Å². The molecule has 0 saturated carbocycles. The SMILES string of the molecule is Nc1cc2c(cc1C(=O)N1CC(=O)NC(=O)C1)OCO2. The van der Waals surface area contributed by atoms with E-state index in [1.54, 1.807) is 0 Å².